The monoisotopic (exact) mass is 268 g/mol. The molecule has 0 bridgehead atoms. The molecule has 0 saturated heterocycles. The Hall–Kier alpha value is -1.66. The number of aromatic nitrogens is 1. The fourth-order valence-corrected chi connectivity index (χ4v) is 1.69. The minimum atomic E-state index is -1.06. The maximum Gasteiger partial charge on any atom is 0.339 e. The van der Waals surface area contributed by atoms with Gasteiger partial charge in [0, 0.05) is 18.8 Å². The molecule has 1 aromatic heterocycles. The molecule has 19 heavy (non-hydrogen) atoms. The third kappa shape index (κ3) is 4.84. The zero-order chi connectivity index (χ0) is 14.5. The molecular weight excluding hydrogens is 248 g/mol. The van der Waals surface area contributed by atoms with E-state index < -0.39 is 11.6 Å². The number of aromatic carboxylic acids is 1. The summed E-state index contributed by atoms with van der Waals surface area (Å²) in [4.78, 5) is 15.2. The highest BCUT2D eigenvalue weighted by molar-refractivity contribution is 5.93. The van der Waals surface area contributed by atoms with Crippen LogP contribution in [0.1, 0.15) is 35.8 Å². The number of aliphatic hydroxyl groups excluding tert-OH is 1. The summed E-state index contributed by atoms with van der Waals surface area (Å²) in [6, 6.07) is 3.11. The maximum absolute atomic E-state index is 11.1. The number of carboxylic acids is 1. The molecule has 1 unspecified atom stereocenters. The molecule has 6 nitrogen and oxygen atoms in total. The zero-order valence-corrected chi connectivity index (χ0v) is 11.2. The van der Waals surface area contributed by atoms with E-state index in [0.29, 0.717) is 18.5 Å². The molecule has 0 amide bonds. The van der Waals surface area contributed by atoms with Crippen LogP contribution in [0.5, 0.6) is 0 Å². The van der Waals surface area contributed by atoms with Crippen LogP contribution in [0.4, 0.5) is 5.82 Å². The van der Waals surface area contributed by atoms with Gasteiger partial charge in [-0.25, -0.2) is 9.78 Å². The van der Waals surface area contributed by atoms with Gasteiger partial charge in [-0.15, -0.1) is 0 Å². The van der Waals surface area contributed by atoms with Crippen molar-refractivity contribution in [2.45, 2.75) is 32.3 Å². The van der Waals surface area contributed by atoms with Crippen LogP contribution in [0.2, 0.25) is 0 Å². The van der Waals surface area contributed by atoms with Gasteiger partial charge < -0.3 is 20.6 Å². The van der Waals surface area contributed by atoms with Gasteiger partial charge in [0.25, 0.3) is 0 Å². The molecule has 1 heterocycles. The Balaban J connectivity index is 2.76. The third-order valence-corrected chi connectivity index (χ3v) is 2.78. The molecule has 0 aliphatic carbocycles. The van der Waals surface area contributed by atoms with Gasteiger partial charge >= 0.3 is 5.97 Å². The second kappa shape index (κ2) is 6.49. The van der Waals surface area contributed by atoms with Crippen molar-refractivity contribution in [1.82, 2.24) is 4.98 Å². The number of anilines is 1. The molecule has 0 fully saturated rings. The van der Waals surface area contributed by atoms with Crippen LogP contribution in [0, 0.1) is 6.92 Å². The zero-order valence-electron chi connectivity index (χ0n) is 11.2. The van der Waals surface area contributed by atoms with Crippen molar-refractivity contribution in [2.75, 3.05) is 18.5 Å². The van der Waals surface area contributed by atoms with E-state index in [9.17, 15) is 9.90 Å². The molecule has 1 aromatic rings. The van der Waals surface area contributed by atoms with Crippen molar-refractivity contribution in [3.63, 3.8) is 0 Å². The predicted molar refractivity (Wildman–Crippen MR) is 71.4 cm³/mol. The van der Waals surface area contributed by atoms with E-state index in [1.165, 1.54) is 6.07 Å². The first-order chi connectivity index (χ1) is 8.85. The summed E-state index contributed by atoms with van der Waals surface area (Å²) in [6.45, 7) is 3.58. The van der Waals surface area contributed by atoms with Gasteiger partial charge in [0.05, 0.1) is 5.60 Å². The van der Waals surface area contributed by atoms with Crippen molar-refractivity contribution in [2.24, 2.45) is 0 Å². The quantitative estimate of drug-likeness (QED) is 0.589. The Morgan fingerprint density at radius 3 is 2.74 bits per heavy atom. The number of aliphatic hydroxyl groups is 2. The molecular formula is C13H20N2O4. The van der Waals surface area contributed by atoms with Crippen molar-refractivity contribution in [1.29, 1.82) is 0 Å². The molecule has 0 spiro atoms. The Morgan fingerprint density at radius 2 is 2.16 bits per heavy atom. The Labute approximate surface area is 112 Å². The minimum absolute atomic E-state index is 0.0131. The fraction of sp³-hybridized carbons (Fsp3) is 0.538. The number of carbonyl (C=O) groups is 1. The van der Waals surface area contributed by atoms with E-state index in [-0.39, 0.29) is 24.5 Å². The van der Waals surface area contributed by atoms with Crippen LogP contribution in [-0.4, -0.2) is 45.0 Å². The smallest absolute Gasteiger partial charge is 0.339 e. The lowest BCUT2D eigenvalue weighted by molar-refractivity contribution is 0.0562. The average molecular weight is 268 g/mol. The van der Waals surface area contributed by atoms with E-state index in [1.807, 2.05) is 0 Å². The summed E-state index contributed by atoms with van der Waals surface area (Å²) in [5.41, 5.74) is -0.254. The Bertz CT molecular complexity index is 446. The van der Waals surface area contributed by atoms with Crippen LogP contribution in [0.15, 0.2) is 12.1 Å². The number of rotatable bonds is 7. The van der Waals surface area contributed by atoms with Crippen LogP contribution in [0.3, 0.4) is 0 Å². The largest absolute Gasteiger partial charge is 0.478 e. The third-order valence-electron chi connectivity index (χ3n) is 2.78. The van der Waals surface area contributed by atoms with E-state index in [0.717, 1.165) is 0 Å². The first-order valence-corrected chi connectivity index (χ1v) is 6.14. The molecule has 1 rings (SSSR count). The molecule has 0 aliphatic rings. The van der Waals surface area contributed by atoms with Gasteiger partial charge in [-0.3, -0.25) is 0 Å². The molecule has 0 aliphatic heterocycles. The van der Waals surface area contributed by atoms with Gasteiger partial charge in [0.2, 0.25) is 0 Å². The van der Waals surface area contributed by atoms with Crippen LogP contribution in [0.25, 0.3) is 0 Å². The molecule has 0 aromatic carbocycles. The highest BCUT2D eigenvalue weighted by Crippen LogP contribution is 2.17. The second-order valence-corrected chi connectivity index (χ2v) is 4.83. The Morgan fingerprint density at radius 1 is 1.47 bits per heavy atom. The molecule has 1 atom stereocenters. The summed E-state index contributed by atoms with van der Waals surface area (Å²) in [5.74, 6) is -0.818. The molecule has 106 valence electrons. The molecule has 6 heteroatoms. The van der Waals surface area contributed by atoms with Gasteiger partial charge in [0.15, 0.2) is 0 Å². The fourth-order valence-electron chi connectivity index (χ4n) is 1.69. The van der Waals surface area contributed by atoms with Crippen molar-refractivity contribution in [3.8, 4) is 0 Å². The van der Waals surface area contributed by atoms with Crippen molar-refractivity contribution in [3.05, 3.63) is 23.4 Å². The van der Waals surface area contributed by atoms with Gasteiger partial charge in [0.1, 0.15) is 11.4 Å². The van der Waals surface area contributed by atoms with Crippen molar-refractivity contribution < 1.29 is 20.1 Å². The van der Waals surface area contributed by atoms with E-state index in [4.69, 9.17) is 10.2 Å². The normalized spacial score (nSPS) is 13.9. The lowest BCUT2D eigenvalue weighted by atomic mass is 10.0. The molecule has 0 radical (unpaired) electrons. The summed E-state index contributed by atoms with van der Waals surface area (Å²) in [5, 5.41) is 30.7. The van der Waals surface area contributed by atoms with Gasteiger partial charge in [-0.05, 0) is 38.8 Å². The summed E-state index contributed by atoms with van der Waals surface area (Å²) < 4.78 is 0. The first-order valence-electron chi connectivity index (χ1n) is 6.14. The van der Waals surface area contributed by atoms with E-state index in [2.05, 4.69) is 10.3 Å². The molecule has 4 N–H and O–H groups in total. The van der Waals surface area contributed by atoms with E-state index in [1.54, 1.807) is 19.9 Å². The lowest BCUT2D eigenvalue weighted by Crippen LogP contribution is -2.34. The average Bonchev–Trinajstić information content (AvgIpc) is 2.34. The number of nitrogens with zero attached hydrogens (tertiary/aromatic N) is 1. The van der Waals surface area contributed by atoms with Crippen LogP contribution in [-0.2, 0) is 0 Å². The number of aryl methyl sites for hydroxylation is 1. The standard InChI is InChI=1S/C13H20N2O4/c1-9-4-5-10(12(17)18)11(15-9)14-8-13(2,19)6-3-7-16/h4-5,16,19H,3,6-8H2,1-2H3,(H,14,15)(H,17,18). The Kier molecular flexibility index (Phi) is 5.26. The highest BCUT2D eigenvalue weighted by Gasteiger charge is 2.21. The summed E-state index contributed by atoms with van der Waals surface area (Å²) in [6.07, 6.45) is 0.909. The summed E-state index contributed by atoms with van der Waals surface area (Å²) >= 11 is 0. The van der Waals surface area contributed by atoms with Gasteiger partial charge in [-0.1, -0.05) is 0 Å². The molecule has 0 saturated carbocycles. The van der Waals surface area contributed by atoms with E-state index >= 15 is 0 Å². The predicted octanol–water partition coefficient (Wildman–Crippen LogP) is 1.02. The minimum Gasteiger partial charge on any atom is -0.478 e. The number of hydrogen-bond acceptors (Lipinski definition) is 5. The van der Waals surface area contributed by atoms with Gasteiger partial charge in [-0.2, -0.15) is 0 Å². The first kappa shape index (κ1) is 15.4. The topological polar surface area (TPSA) is 103 Å². The number of carboxylic acid groups (broad SMARTS) is 1. The SMILES string of the molecule is Cc1ccc(C(=O)O)c(NCC(C)(O)CCCO)n1. The lowest BCUT2D eigenvalue weighted by Gasteiger charge is -2.24. The second-order valence-electron chi connectivity index (χ2n) is 4.83. The number of pyridine rings is 1. The van der Waals surface area contributed by atoms with Crippen LogP contribution >= 0.6 is 0 Å². The highest BCUT2D eigenvalue weighted by atomic mass is 16.4. The van der Waals surface area contributed by atoms with Crippen LogP contribution < -0.4 is 5.32 Å². The number of nitrogens with one attached hydrogen (secondary N) is 1. The van der Waals surface area contributed by atoms with Crippen molar-refractivity contribution >= 4 is 11.8 Å². The summed E-state index contributed by atoms with van der Waals surface area (Å²) in [7, 11) is 0. The number of hydrogen-bond donors (Lipinski definition) is 4. The maximum atomic E-state index is 11.1.